The van der Waals surface area contributed by atoms with E-state index in [4.69, 9.17) is 27.9 Å². The predicted molar refractivity (Wildman–Crippen MR) is 165 cm³/mol. The summed E-state index contributed by atoms with van der Waals surface area (Å²) in [6, 6.07) is 19.1. The molecule has 1 atom stereocenters. The molecule has 10 nitrogen and oxygen atoms in total. The monoisotopic (exact) mass is 630 g/mol. The van der Waals surface area contributed by atoms with Crippen molar-refractivity contribution in [2.24, 2.45) is 0 Å². The van der Waals surface area contributed by atoms with Crippen LogP contribution in [0.15, 0.2) is 73.1 Å². The van der Waals surface area contributed by atoms with Crippen LogP contribution in [0.1, 0.15) is 22.9 Å². The van der Waals surface area contributed by atoms with Crippen molar-refractivity contribution in [1.82, 2.24) is 24.9 Å². The number of nitrogens with one attached hydrogen (secondary N) is 2. The number of amides is 1. The highest BCUT2D eigenvalue weighted by atomic mass is 35.5. The molecule has 6 rings (SSSR count). The molecule has 13 heteroatoms. The molecule has 44 heavy (non-hydrogen) atoms. The summed E-state index contributed by atoms with van der Waals surface area (Å²) >= 11 is 12.7. The molecule has 0 aliphatic carbocycles. The van der Waals surface area contributed by atoms with Crippen LogP contribution in [-0.4, -0.2) is 57.1 Å². The largest absolute Gasteiger partial charge is 0.378 e. The molecular weight excluding hydrogens is 606 g/mol. The van der Waals surface area contributed by atoms with Gasteiger partial charge in [-0.05, 0) is 35.9 Å². The highest BCUT2D eigenvalue weighted by molar-refractivity contribution is 6.36. The lowest BCUT2D eigenvalue weighted by Crippen LogP contribution is -2.42. The first kappa shape index (κ1) is 29.3. The molecule has 1 aliphatic heterocycles. The van der Waals surface area contributed by atoms with Gasteiger partial charge in [0.05, 0.1) is 52.3 Å². The number of ether oxygens (including phenoxy) is 1. The van der Waals surface area contributed by atoms with E-state index in [1.807, 2.05) is 36.4 Å². The van der Waals surface area contributed by atoms with Gasteiger partial charge in [-0.3, -0.25) is 9.78 Å². The molecule has 0 spiro atoms. The highest BCUT2D eigenvalue weighted by Gasteiger charge is 2.22. The number of aromatic nitrogens is 4. The topological polar surface area (TPSA) is 121 Å². The van der Waals surface area contributed by atoms with Crippen LogP contribution in [0.2, 0.25) is 10.0 Å². The molecule has 1 amide bonds. The first-order valence-corrected chi connectivity index (χ1v) is 14.5. The summed E-state index contributed by atoms with van der Waals surface area (Å²) in [4.78, 5) is 19.0. The molecule has 3 heterocycles. The number of nitriles is 1. The summed E-state index contributed by atoms with van der Waals surface area (Å²) < 4.78 is 20.7. The second-order valence-electron chi connectivity index (χ2n) is 10.1. The van der Waals surface area contributed by atoms with Gasteiger partial charge in [0, 0.05) is 36.0 Å². The van der Waals surface area contributed by atoms with Crippen LogP contribution in [0.4, 0.5) is 21.5 Å². The number of hydrogen-bond donors (Lipinski definition) is 2. The van der Waals surface area contributed by atoms with Crippen molar-refractivity contribution >= 4 is 57.1 Å². The standard InChI is InChI=1S/C31H25Cl2FN8O2/c32-24-13-21(6-7-26(24)34)37-29-20(15-35)16-36-31-23(29)12-22(14-25(31)33)38-30(19-4-2-1-3-5-19)27-17-42(40-39-27)18-28(43)41-8-10-44-11-9-41/h1-7,12-14,16-17,30,38H,8-11,18H2,(H,36,37)/t30-/m0/s1. The van der Waals surface area contributed by atoms with E-state index in [-0.39, 0.29) is 23.0 Å². The van der Waals surface area contributed by atoms with Crippen molar-refractivity contribution in [3.63, 3.8) is 0 Å². The van der Waals surface area contributed by atoms with E-state index in [9.17, 15) is 14.4 Å². The van der Waals surface area contributed by atoms with Crippen molar-refractivity contribution < 1.29 is 13.9 Å². The minimum Gasteiger partial charge on any atom is -0.378 e. The Hall–Kier alpha value is -4.76. The molecule has 222 valence electrons. The summed E-state index contributed by atoms with van der Waals surface area (Å²) in [6.07, 6.45) is 3.17. The van der Waals surface area contributed by atoms with E-state index >= 15 is 0 Å². The Bertz CT molecular complexity index is 1870. The lowest BCUT2D eigenvalue weighted by molar-refractivity contribution is -0.136. The Morgan fingerprint density at radius 3 is 2.59 bits per heavy atom. The van der Waals surface area contributed by atoms with Gasteiger partial charge in [-0.2, -0.15) is 5.26 Å². The summed E-state index contributed by atoms with van der Waals surface area (Å²) in [5, 5.41) is 26.0. The molecule has 0 bridgehead atoms. The van der Waals surface area contributed by atoms with Gasteiger partial charge in [0.1, 0.15) is 24.1 Å². The number of rotatable bonds is 8. The van der Waals surface area contributed by atoms with Gasteiger partial charge < -0.3 is 20.3 Å². The lowest BCUT2D eigenvalue weighted by Gasteiger charge is -2.26. The molecule has 1 fully saturated rings. The van der Waals surface area contributed by atoms with Crippen LogP contribution in [0.25, 0.3) is 10.9 Å². The second-order valence-corrected chi connectivity index (χ2v) is 10.9. The number of morpholine rings is 1. The quantitative estimate of drug-likeness (QED) is 0.216. The van der Waals surface area contributed by atoms with Crippen molar-refractivity contribution in [3.05, 3.63) is 106 Å². The molecule has 2 N–H and O–H groups in total. The molecule has 3 aromatic carbocycles. The van der Waals surface area contributed by atoms with Crippen molar-refractivity contribution in [3.8, 4) is 6.07 Å². The van der Waals surface area contributed by atoms with Crippen LogP contribution in [-0.2, 0) is 16.1 Å². The molecule has 0 radical (unpaired) electrons. The third-order valence-corrected chi connectivity index (χ3v) is 7.77. The Morgan fingerprint density at radius 2 is 1.84 bits per heavy atom. The maximum Gasteiger partial charge on any atom is 0.244 e. The number of anilines is 3. The van der Waals surface area contributed by atoms with Crippen molar-refractivity contribution in [2.75, 3.05) is 36.9 Å². The van der Waals surface area contributed by atoms with Crippen LogP contribution in [0.3, 0.4) is 0 Å². The maximum absolute atomic E-state index is 13.8. The van der Waals surface area contributed by atoms with Crippen molar-refractivity contribution in [1.29, 1.82) is 5.26 Å². The van der Waals surface area contributed by atoms with E-state index in [2.05, 4.69) is 32.0 Å². The number of fused-ring (bicyclic) bond motifs is 1. The molecule has 0 saturated carbocycles. The first-order chi connectivity index (χ1) is 21.4. The zero-order valence-electron chi connectivity index (χ0n) is 23.2. The number of hydrogen-bond acceptors (Lipinski definition) is 8. The average molecular weight is 631 g/mol. The summed E-state index contributed by atoms with van der Waals surface area (Å²) in [5.74, 6) is -0.611. The number of carbonyl (C=O) groups is 1. The van der Waals surface area contributed by atoms with Gasteiger partial charge in [0.2, 0.25) is 5.91 Å². The summed E-state index contributed by atoms with van der Waals surface area (Å²) in [6.45, 7) is 2.18. The SMILES string of the molecule is N#Cc1cnc2c(Cl)cc(N[C@@H](c3ccccc3)c3cn(CC(=O)N4CCOCC4)nn3)cc2c1Nc1ccc(F)c(Cl)c1. The van der Waals surface area contributed by atoms with Gasteiger partial charge in [-0.25, -0.2) is 9.07 Å². The highest BCUT2D eigenvalue weighted by Crippen LogP contribution is 2.37. The summed E-state index contributed by atoms with van der Waals surface area (Å²) in [5.41, 5.74) is 3.76. The van der Waals surface area contributed by atoms with E-state index < -0.39 is 11.9 Å². The molecular formula is C31H25Cl2FN8O2. The Morgan fingerprint density at radius 1 is 1.07 bits per heavy atom. The molecule has 0 unspecified atom stereocenters. The molecule has 1 saturated heterocycles. The number of benzene rings is 3. The zero-order chi connectivity index (χ0) is 30.6. The third-order valence-electron chi connectivity index (χ3n) is 7.19. The van der Waals surface area contributed by atoms with E-state index in [1.54, 1.807) is 17.2 Å². The Balaban J connectivity index is 1.35. The first-order valence-electron chi connectivity index (χ1n) is 13.7. The normalized spacial score (nSPS) is 13.8. The van der Waals surface area contributed by atoms with Crippen LogP contribution < -0.4 is 10.6 Å². The van der Waals surface area contributed by atoms with Gasteiger partial charge in [0.25, 0.3) is 0 Å². The Labute approximate surface area is 262 Å². The molecule has 2 aromatic heterocycles. The lowest BCUT2D eigenvalue weighted by atomic mass is 10.0. The number of nitrogens with zero attached hydrogens (tertiary/aromatic N) is 6. The Kier molecular flexibility index (Phi) is 8.56. The summed E-state index contributed by atoms with van der Waals surface area (Å²) in [7, 11) is 0. The van der Waals surface area contributed by atoms with Gasteiger partial charge >= 0.3 is 0 Å². The van der Waals surface area contributed by atoms with Crippen LogP contribution >= 0.6 is 23.2 Å². The fraction of sp³-hybridized carbons (Fsp3) is 0.194. The number of pyridine rings is 1. The predicted octanol–water partition coefficient (Wildman–Crippen LogP) is 5.95. The third kappa shape index (κ3) is 6.28. The van der Waals surface area contributed by atoms with Crippen LogP contribution in [0, 0.1) is 17.1 Å². The minimum atomic E-state index is -0.554. The van der Waals surface area contributed by atoms with Crippen molar-refractivity contribution in [2.45, 2.75) is 12.6 Å². The van der Waals surface area contributed by atoms with E-state index in [1.165, 1.54) is 29.1 Å². The van der Waals surface area contributed by atoms with E-state index in [0.29, 0.717) is 65.0 Å². The van der Waals surface area contributed by atoms with Gasteiger partial charge in [0.15, 0.2) is 0 Å². The minimum absolute atomic E-state index is 0.0569. The van der Waals surface area contributed by atoms with E-state index in [0.717, 1.165) is 5.56 Å². The number of carbonyl (C=O) groups excluding carboxylic acids is 1. The van der Waals surface area contributed by atoms with Crippen LogP contribution in [0.5, 0.6) is 0 Å². The smallest absolute Gasteiger partial charge is 0.244 e. The molecule has 5 aromatic rings. The zero-order valence-corrected chi connectivity index (χ0v) is 24.7. The fourth-order valence-electron chi connectivity index (χ4n) is 5.00. The van der Waals surface area contributed by atoms with Gasteiger partial charge in [-0.1, -0.05) is 58.7 Å². The fourth-order valence-corrected chi connectivity index (χ4v) is 5.44. The molecule has 1 aliphatic rings. The van der Waals surface area contributed by atoms with Gasteiger partial charge in [-0.15, -0.1) is 5.10 Å². The second kappa shape index (κ2) is 12.9. The number of halogens is 3. The average Bonchev–Trinajstić information content (AvgIpc) is 3.50. The maximum atomic E-state index is 13.8.